The van der Waals surface area contributed by atoms with Crippen LogP contribution >= 0.6 is 0 Å². The second-order valence-corrected chi connectivity index (χ2v) is 3.92. The summed E-state index contributed by atoms with van der Waals surface area (Å²) in [6, 6.07) is 0.830. The van der Waals surface area contributed by atoms with Gasteiger partial charge in [-0.25, -0.2) is 0 Å². The molecule has 12 heavy (non-hydrogen) atoms. The van der Waals surface area contributed by atoms with Crippen LogP contribution in [0.1, 0.15) is 33.1 Å². The largest absolute Gasteiger partial charge is 0.330 e. The molecule has 2 atom stereocenters. The van der Waals surface area contributed by atoms with Crippen molar-refractivity contribution in [2.45, 2.75) is 39.2 Å². The first-order valence-electron chi connectivity index (χ1n) is 5.23. The van der Waals surface area contributed by atoms with E-state index in [2.05, 4.69) is 18.7 Å². The van der Waals surface area contributed by atoms with Crippen LogP contribution in [0.2, 0.25) is 0 Å². The molecule has 0 amide bonds. The van der Waals surface area contributed by atoms with Gasteiger partial charge in [0.1, 0.15) is 0 Å². The summed E-state index contributed by atoms with van der Waals surface area (Å²) in [5, 5.41) is 0. The SMILES string of the molecule is CCC1C(C)CCN1CCCN. The highest BCUT2D eigenvalue weighted by atomic mass is 15.2. The van der Waals surface area contributed by atoms with Gasteiger partial charge in [0.25, 0.3) is 0 Å². The first-order valence-corrected chi connectivity index (χ1v) is 5.23. The van der Waals surface area contributed by atoms with Crippen LogP contribution in [0.4, 0.5) is 0 Å². The summed E-state index contributed by atoms with van der Waals surface area (Å²) in [6.07, 6.45) is 3.83. The van der Waals surface area contributed by atoms with Gasteiger partial charge in [0, 0.05) is 6.04 Å². The smallest absolute Gasteiger partial charge is 0.0119 e. The molecule has 1 saturated heterocycles. The average Bonchev–Trinajstić information content (AvgIpc) is 2.43. The molecular weight excluding hydrogens is 148 g/mol. The molecule has 1 rings (SSSR count). The van der Waals surface area contributed by atoms with Crippen LogP contribution in [0.15, 0.2) is 0 Å². The summed E-state index contributed by atoms with van der Waals surface area (Å²) >= 11 is 0. The van der Waals surface area contributed by atoms with Crippen molar-refractivity contribution in [3.8, 4) is 0 Å². The van der Waals surface area contributed by atoms with Crippen LogP contribution in [-0.4, -0.2) is 30.6 Å². The van der Waals surface area contributed by atoms with Crippen molar-refractivity contribution in [1.82, 2.24) is 4.90 Å². The van der Waals surface area contributed by atoms with Gasteiger partial charge in [-0.2, -0.15) is 0 Å². The fourth-order valence-corrected chi connectivity index (χ4v) is 2.32. The molecule has 2 N–H and O–H groups in total. The van der Waals surface area contributed by atoms with E-state index < -0.39 is 0 Å². The third kappa shape index (κ3) is 2.20. The molecule has 1 aliphatic rings. The lowest BCUT2D eigenvalue weighted by Gasteiger charge is -2.25. The maximum atomic E-state index is 5.50. The maximum Gasteiger partial charge on any atom is 0.0119 e. The van der Waals surface area contributed by atoms with E-state index in [4.69, 9.17) is 5.73 Å². The minimum atomic E-state index is 0.830. The van der Waals surface area contributed by atoms with Crippen molar-refractivity contribution in [3.63, 3.8) is 0 Å². The summed E-state index contributed by atoms with van der Waals surface area (Å²) < 4.78 is 0. The van der Waals surface area contributed by atoms with E-state index in [9.17, 15) is 0 Å². The molecule has 2 heteroatoms. The molecule has 2 nitrogen and oxygen atoms in total. The molecule has 0 bridgehead atoms. The average molecular weight is 170 g/mol. The topological polar surface area (TPSA) is 29.3 Å². The van der Waals surface area contributed by atoms with Crippen LogP contribution in [-0.2, 0) is 0 Å². The molecule has 1 fully saturated rings. The van der Waals surface area contributed by atoms with E-state index in [-0.39, 0.29) is 0 Å². The Morgan fingerprint density at radius 3 is 2.83 bits per heavy atom. The Kier molecular flexibility index (Phi) is 4.02. The van der Waals surface area contributed by atoms with Gasteiger partial charge in [-0.1, -0.05) is 13.8 Å². The number of rotatable bonds is 4. The van der Waals surface area contributed by atoms with Crippen LogP contribution in [0.25, 0.3) is 0 Å². The van der Waals surface area contributed by atoms with Crippen LogP contribution in [0.5, 0.6) is 0 Å². The lowest BCUT2D eigenvalue weighted by Crippen LogP contribution is -2.33. The molecule has 0 radical (unpaired) electrons. The molecule has 0 spiro atoms. The number of nitrogens with two attached hydrogens (primary N) is 1. The Balaban J connectivity index is 2.32. The van der Waals surface area contributed by atoms with Gasteiger partial charge in [0.05, 0.1) is 0 Å². The minimum Gasteiger partial charge on any atom is -0.330 e. The van der Waals surface area contributed by atoms with Gasteiger partial charge in [0.2, 0.25) is 0 Å². The molecule has 1 aliphatic heterocycles. The zero-order chi connectivity index (χ0) is 8.97. The monoisotopic (exact) mass is 170 g/mol. The second kappa shape index (κ2) is 4.83. The van der Waals surface area contributed by atoms with E-state index in [0.717, 1.165) is 24.9 Å². The van der Waals surface area contributed by atoms with Gasteiger partial charge < -0.3 is 10.6 Å². The quantitative estimate of drug-likeness (QED) is 0.692. The van der Waals surface area contributed by atoms with Crippen molar-refractivity contribution >= 4 is 0 Å². The number of likely N-dealkylation sites (tertiary alicyclic amines) is 1. The van der Waals surface area contributed by atoms with Gasteiger partial charge in [-0.3, -0.25) is 0 Å². The van der Waals surface area contributed by atoms with Crippen LogP contribution in [0.3, 0.4) is 0 Å². The molecule has 0 saturated carbocycles. The predicted octanol–water partition coefficient (Wildman–Crippen LogP) is 1.46. The van der Waals surface area contributed by atoms with Gasteiger partial charge in [0.15, 0.2) is 0 Å². The van der Waals surface area contributed by atoms with Crippen molar-refractivity contribution in [2.24, 2.45) is 11.7 Å². The van der Waals surface area contributed by atoms with Crippen molar-refractivity contribution < 1.29 is 0 Å². The number of hydrogen-bond acceptors (Lipinski definition) is 2. The summed E-state index contributed by atoms with van der Waals surface area (Å²) in [7, 11) is 0. The zero-order valence-electron chi connectivity index (χ0n) is 8.42. The molecule has 0 aliphatic carbocycles. The highest BCUT2D eigenvalue weighted by Gasteiger charge is 2.28. The second-order valence-electron chi connectivity index (χ2n) is 3.92. The fraction of sp³-hybridized carbons (Fsp3) is 1.00. The minimum absolute atomic E-state index is 0.830. The third-order valence-corrected chi connectivity index (χ3v) is 3.07. The molecule has 1 heterocycles. The number of hydrogen-bond donors (Lipinski definition) is 1. The molecule has 72 valence electrons. The Morgan fingerprint density at radius 2 is 2.25 bits per heavy atom. The maximum absolute atomic E-state index is 5.50. The van der Waals surface area contributed by atoms with Gasteiger partial charge >= 0.3 is 0 Å². The summed E-state index contributed by atoms with van der Waals surface area (Å²) in [4.78, 5) is 2.61. The van der Waals surface area contributed by atoms with Crippen molar-refractivity contribution in [2.75, 3.05) is 19.6 Å². The summed E-state index contributed by atoms with van der Waals surface area (Å²) in [5.74, 6) is 0.896. The highest BCUT2D eigenvalue weighted by Crippen LogP contribution is 2.25. The lowest BCUT2D eigenvalue weighted by molar-refractivity contribution is 0.224. The summed E-state index contributed by atoms with van der Waals surface area (Å²) in [5.41, 5.74) is 5.50. The van der Waals surface area contributed by atoms with E-state index in [1.807, 2.05) is 0 Å². The molecule has 0 aromatic heterocycles. The molecule has 0 aromatic carbocycles. The fourth-order valence-electron chi connectivity index (χ4n) is 2.32. The first-order chi connectivity index (χ1) is 5.79. The van der Waals surface area contributed by atoms with Crippen LogP contribution in [0, 0.1) is 5.92 Å². The van der Waals surface area contributed by atoms with E-state index in [1.165, 1.54) is 25.9 Å². The van der Waals surface area contributed by atoms with Gasteiger partial charge in [-0.15, -0.1) is 0 Å². The first kappa shape index (κ1) is 10.0. The van der Waals surface area contributed by atoms with E-state index in [0.29, 0.717) is 0 Å². The standard InChI is InChI=1S/C10H22N2/c1-3-10-9(2)5-8-12(10)7-4-6-11/h9-10H,3-8,11H2,1-2H3. The van der Waals surface area contributed by atoms with Crippen molar-refractivity contribution in [3.05, 3.63) is 0 Å². The number of nitrogens with zero attached hydrogens (tertiary/aromatic N) is 1. The van der Waals surface area contributed by atoms with Gasteiger partial charge in [-0.05, 0) is 44.8 Å². The Labute approximate surface area is 76.1 Å². The Morgan fingerprint density at radius 1 is 1.50 bits per heavy atom. The predicted molar refractivity (Wildman–Crippen MR) is 53.1 cm³/mol. The molecular formula is C10H22N2. The normalized spacial score (nSPS) is 31.2. The van der Waals surface area contributed by atoms with Crippen LogP contribution < -0.4 is 5.73 Å². The lowest BCUT2D eigenvalue weighted by atomic mass is 10.0. The summed E-state index contributed by atoms with van der Waals surface area (Å²) in [6.45, 7) is 8.00. The zero-order valence-corrected chi connectivity index (χ0v) is 8.42. The molecule has 2 unspecified atom stereocenters. The third-order valence-electron chi connectivity index (χ3n) is 3.07. The highest BCUT2D eigenvalue weighted by molar-refractivity contribution is 4.83. The van der Waals surface area contributed by atoms with E-state index >= 15 is 0 Å². The van der Waals surface area contributed by atoms with Crippen molar-refractivity contribution in [1.29, 1.82) is 0 Å². The Hall–Kier alpha value is -0.0800. The van der Waals surface area contributed by atoms with E-state index in [1.54, 1.807) is 0 Å². The Bertz CT molecular complexity index is 125. The molecule has 0 aromatic rings.